The fourth-order valence-corrected chi connectivity index (χ4v) is 10.7. The normalized spacial score (nSPS) is 27.5. The summed E-state index contributed by atoms with van der Waals surface area (Å²) in [5, 5.41) is 3.28. The van der Waals surface area contributed by atoms with E-state index in [1.165, 1.54) is 67.2 Å². The summed E-state index contributed by atoms with van der Waals surface area (Å²) in [5.74, 6) is 2.67. The quantitative estimate of drug-likeness (QED) is 0.132. The lowest BCUT2D eigenvalue weighted by atomic mass is 9.57. The van der Waals surface area contributed by atoms with Crippen molar-refractivity contribution in [3.63, 3.8) is 0 Å². The molecule has 2 fully saturated rings. The number of rotatable bonds is 12. The summed E-state index contributed by atoms with van der Waals surface area (Å²) in [6.07, 6.45) is 20.0. The van der Waals surface area contributed by atoms with Crippen LogP contribution in [0.5, 0.6) is 11.5 Å². The van der Waals surface area contributed by atoms with E-state index in [1.54, 1.807) is 0 Å². The van der Waals surface area contributed by atoms with Gasteiger partial charge in [-0.1, -0.05) is 97.1 Å². The van der Waals surface area contributed by atoms with Gasteiger partial charge >= 0.3 is 18.0 Å². The van der Waals surface area contributed by atoms with Gasteiger partial charge in [-0.05, 0) is 142 Å². The lowest BCUT2D eigenvalue weighted by Gasteiger charge is -2.49. The van der Waals surface area contributed by atoms with Crippen molar-refractivity contribution in [2.24, 2.45) is 17.8 Å². The molecule has 1 amide bonds. The van der Waals surface area contributed by atoms with Crippen molar-refractivity contribution in [1.29, 1.82) is 0 Å². The molecule has 55 heavy (non-hydrogen) atoms. The van der Waals surface area contributed by atoms with Crippen LogP contribution in [0.15, 0.2) is 36.4 Å². The number of hydrogen-bond acceptors (Lipinski definition) is 6. The average Bonchev–Trinajstić information content (AvgIpc) is 3.12. The third-order valence-electron chi connectivity index (χ3n) is 13.9. The predicted molar refractivity (Wildman–Crippen MR) is 219 cm³/mol. The second-order valence-corrected chi connectivity index (χ2v) is 19.1. The van der Waals surface area contributed by atoms with E-state index in [9.17, 15) is 14.4 Å². The van der Waals surface area contributed by atoms with E-state index >= 15 is 0 Å². The number of carbonyl (C=O) groups is 3. The lowest BCUT2D eigenvalue weighted by Crippen LogP contribution is -2.57. The third kappa shape index (κ3) is 10.2. The summed E-state index contributed by atoms with van der Waals surface area (Å²) in [7, 11) is 0. The Labute approximate surface area is 331 Å². The smallest absolute Gasteiger partial charge is 0.407 e. The van der Waals surface area contributed by atoms with Gasteiger partial charge in [0, 0.05) is 24.3 Å². The van der Waals surface area contributed by atoms with E-state index < -0.39 is 5.60 Å². The van der Waals surface area contributed by atoms with Crippen molar-refractivity contribution in [3.05, 3.63) is 58.7 Å². The first-order chi connectivity index (χ1) is 26.2. The second-order valence-electron chi connectivity index (χ2n) is 19.1. The highest BCUT2D eigenvalue weighted by Gasteiger charge is 2.47. The fraction of sp³-hybridized carbons (Fsp3) is 0.688. The van der Waals surface area contributed by atoms with Crippen LogP contribution in [0, 0.1) is 17.8 Å². The van der Waals surface area contributed by atoms with E-state index in [0.717, 1.165) is 76.5 Å². The summed E-state index contributed by atoms with van der Waals surface area (Å²) in [4.78, 5) is 38.7. The van der Waals surface area contributed by atoms with Gasteiger partial charge in [-0.15, -0.1) is 0 Å². The monoisotopic (exact) mass is 756 g/mol. The Morgan fingerprint density at radius 2 is 1.16 bits per heavy atom. The van der Waals surface area contributed by atoms with Gasteiger partial charge in [0.05, 0.1) is 0 Å². The van der Waals surface area contributed by atoms with Crippen LogP contribution in [0.25, 0.3) is 0 Å². The van der Waals surface area contributed by atoms with Gasteiger partial charge in [-0.25, -0.2) is 4.79 Å². The molecule has 0 aliphatic heterocycles. The molecule has 0 spiro atoms. The molecule has 0 aromatic heterocycles. The van der Waals surface area contributed by atoms with Crippen molar-refractivity contribution >= 4 is 18.0 Å². The van der Waals surface area contributed by atoms with E-state index in [1.807, 2.05) is 32.9 Å². The van der Waals surface area contributed by atoms with Crippen LogP contribution >= 0.6 is 0 Å². The summed E-state index contributed by atoms with van der Waals surface area (Å²) in [6.45, 7) is 12.8. The first-order valence-electron chi connectivity index (χ1n) is 21.9. The first-order valence-corrected chi connectivity index (χ1v) is 21.9. The van der Waals surface area contributed by atoms with Crippen LogP contribution in [-0.4, -0.2) is 29.7 Å². The molecule has 0 unspecified atom stereocenters. The molecule has 2 aromatic carbocycles. The summed E-state index contributed by atoms with van der Waals surface area (Å²) in [5.41, 5.74) is 4.65. The molecule has 1 N–H and O–H groups in total. The van der Waals surface area contributed by atoms with Gasteiger partial charge in [-0.3, -0.25) is 9.59 Å². The SMILES string of the molecule is C[C@H]1[C@H]2CCCCC[C@]1(C)c1cc(OC(=O)CCCCCCCCC(=O)Oc3ccc4c(c3)[C@@]3(C)CCCCC[C@@H](C4)[C@@H]3NC(=O)OC(C)(C)C)ccc1C2. The molecular weight excluding hydrogens is 687 g/mol. The molecule has 4 aliphatic rings. The van der Waals surface area contributed by atoms with Gasteiger partial charge in [-0.2, -0.15) is 0 Å². The fourth-order valence-electron chi connectivity index (χ4n) is 10.7. The topological polar surface area (TPSA) is 90.9 Å². The first kappa shape index (κ1) is 41.3. The number of nitrogens with one attached hydrogen (secondary N) is 1. The van der Waals surface area contributed by atoms with Crippen molar-refractivity contribution in [2.75, 3.05) is 0 Å². The van der Waals surface area contributed by atoms with Crippen LogP contribution in [0.1, 0.15) is 179 Å². The Morgan fingerprint density at radius 1 is 0.673 bits per heavy atom. The minimum absolute atomic E-state index is 0.0392. The standard InChI is InChI=1S/C48H69NO6/c1-33-34-19-13-11-17-27-47(33,5)40-31-38(25-23-35(40)29-34)53-42(50)21-15-9-7-8-10-16-22-43(51)54-39-26-24-36-30-37-20-14-12-18-28-48(6,41(36)32-39)44(37)49-45(52)55-46(2,3)4/h23-26,31-34,37,44H,7-22,27-30H2,1-6H3,(H,49,52)/t33-,34-,37-,44-,47-,48+/m0/s1. The Kier molecular flexibility index (Phi) is 13.4. The third-order valence-corrected chi connectivity index (χ3v) is 13.9. The molecule has 302 valence electrons. The maximum atomic E-state index is 13.0. The second kappa shape index (κ2) is 17.8. The Bertz CT molecular complexity index is 1660. The van der Waals surface area contributed by atoms with Crippen LogP contribution in [0.2, 0.25) is 0 Å². The molecule has 4 bridgehead atoms. The van der Waals surface area contributed by atoms with E-state index in [0.29, 0.717) is 36.2 Å². The Balaban J connectivity index is 0.915. The van der Waals surface area contributed by atoms with Crippen LogP contribution in [-0.2, 0) is 38.0 Å². The predicted octanol–water partition coefficient (Wildman–Crippen LogP) is 11.6. The van der Waals surface area contributed by atoms with Gasteiger partial charge in [0.15, 0.2) is 0 Å². The number of hydrogen-bond donors (Lipinski definition) is 1. The van der Waals surface area contributed by atoms with Crippen LogP contribution < -0.4 is 14.8 Å². The molecule has 6 rings (SSSR count). The maximum Gasteiger partial charge on any atom is 0.407 e. The maximum absolute atomic E-state index is 13.0. The van der Waals surface area contributed by atoms with Gasteiger partial charge in [0.25, 0.3) is 0 Å². The zero-order chi connectivity index (χ0) is 39.2. The van der Waals surface area contributed by atoms with Gasteiger partial charge in [0.1, 0.15) is 17.1 Å². The number of esters is 2. The Morgan fingerprint density at radius 3 is 1.73 bits per heavy atom. The molecular formula is C48H69NO6. The molecule has 0 heterocycles. The number of ether oxygens (including phenoxy) is 3. The van der Waals surface area contributed by atoms with E-state index in [4.69, 9.17) is 14.2 Å². The highest BCUT2D eigenvalue weighted by molar-refractivity contribution is 5.73. The van der Waals surface area contributed by atoms with Crippen LogP contribution in [0.4, 0.5) is 4.79 Å². The van der Waals surface area contributed by atoms with E-state index in [-0.39, 0.29) is 34.9 Å². The number of alkyl carbamates (subject to hydrolysis) is 1. The summed E-state index contributed by atoms with van der Waals surface area (Å²) in [6, 6.07) is 12.5. The zero-order valence-electron chi connectivity index (χ0n) is 34.9. The number of benzene rings is 2. The highest BCUT2D eigenvalue weighted by atomic mass is 16.6. The summed E-state index contributed by atoms with van der Waals surface area (Å²) >= 11 is 0. The molecule has 0 radical (unpaired) electrons. The molecule has 7 heteroatoms. The molecule has 4 aliphatic carbocycles. The minimum Gasteiger partial charge on any atom is -0.444 e. The van der Waals surface area contributed by atoms with E-state index in [2.05, 4.69) is 50.4 Å². The number of carbonyl (C=O) groups excluding carboxylic acids is 3. The molecule has 6 atom stereocenters. The van der Waals surface area contributed by atoms with Gasteiger partial charge in [0.2, 0.25) is 0 Å². The minimum atomic E-state index is -0.559. The Hall–Kier alpha value is -3.35. The number of amides is 1. The van der Waals surface area contributed by atoms with Crippen LogP contribution in [0.3, 0.4) is 0 Å². The van der Waals surface area contributed by atoms with Crippen molar-refractivity contribution in [1.82, 2.24) is 5.32 Å². The van der Waals surface area contributed by atoms with Crippen molar-refractivity contribution in [3.8, 4) is 11.5 Å². The largest absolute Gasteiger partial charge is 0.444 e. The number of fused-ring (bicyclic) bond motifs is 8. The zero-order valence-corrected chi connectivity index (χ0v) is 34.9. The molecule has 0 saturated heterocycles. The highest BCUT2D eigenvalue weighted by Crippen LogP contribution is 2.51. The number of unbranched alkanes of at least 4 members (excludes halogenated alkanes) is 5. The van der Waals surface area contributed by atoms with Crippen molar-refractivity contribution < 1.29 is 28.6 Å². The van der Waals surface area contributed by atoms with Crippen molar-refractivity contribution in [2.45, 2.75) is 192 Å². The molecule has 7 nitrogen and oxygen atoms in total. The molecule has 2 saturated carbocycles. The summed E-state index contributed by atoms with van der Waals surface area (Å²) < 4.78 is 17.4. The lowest BCUT2D eigenvalue weighted by molar-refractivity contribution is -0.135. The average molecular weight is 756 g/mol. The molecule has 2 aromatic rings. The van der Waals surface area contributed by atoms with Gasteiger partial charge < -0.3 is 19.5 Å².